The topological polar surface area (TPSA) is 55.8 Å². The van der Waals surface area contributed by atoms with E-state index in [1.54, 1.807) is 18.2 Å². The van der Waals surface area contributed by atoms with Crippen molar-refractivity contribution in [2.45, 2.75) is 26.7 Å². The van der Waals surface area contributed by atoms with Gasteiger partial charge in [-0.25, -0.2) is 0 Å². The Bertz CT molecular complexity index is 821. The molecule has 0 heterocycles. The number of benzene rings is 2. The Morgan fingerprint density at radius 3 is 2.64 bits per heavy atom. The van der Waals surface area contributed by atoms with Crippen LogP contribution in [-0.2, 0) is 6.42 Å². The molecule has 0 aromatic heterocycles. The average molecular weight is 338 g/mol. The molecule has 2 aromatic rings. The summed E-state index contributed by atoms with van der Waals surface area (Å²) >= 11 is 0. The van der Waals surface area contributed by atoms with E-state index in [9.17, 15) is 9.90 Å². The Kier molecular flexibility index (Phi) is 5.08. The maximum atomic E-state index is 12.6. The van der Waals surface area contributed by atoms with Crippen molar-refractivity contribution < 1.29 is 19.4 Å². The lowest BCUT2D eigenvalue weighted by Crippen LogP contribution is -2.02. The van der Waals surface area contributed by atoms with Crippen LogP contribution in [0.5, 0.6) is 17.2 Å². The molecule has 0 saturated heterocycles. The molecule has 0 amide bonds. The van der Waals surface area contributed by atoms with Gasteiger partial charge < -0.3 is 14.6 Å². The zero-order valence-corrected chi connectivity index (χ0v) is 14.5. The summed E-state index contributed by atoms with van der Waals surface area (Å²) in [5, 5.41) is 9.99. The van der Waals surface area contributed by atoms with Gasteiger partial charge in [-0.3, -0.25) is 4.79 Å². The third-order valence-corrected chi connectivity index (χ3v) is 4.14. The van der Waals surface area contributed by atoms with Crippen molar-refractivity contribution in [1.29, 1.82) is 0 Å². The number of hydrogen-bond acceptors (Lipinski definition) is 4. The number of hydrogen-bond donors (Lipinski definition) is 1. The molecule has 0 atom stereocenters. The van der Waals surface area contributed by atoms with Gasteiger partial charge in [0.15, 0.2) is 17.3 Å². The van der Waals surface area contributed by atoms with Crippen molar-refractivity contribution in [2.75, 3.05) is 13.2 Å². The van der Waals surface area contributed by atoms with Crippen LogP contribution in [-0.4, -0.2) is 24.1 Å². The largest absolute Gasteiger partial charge is 0.508 e. The lowest BCUT2D eigenvalue weighted by Gasteiger charge is -2.14. The summed E-state index contributed by atoms with van der Waals surface area (Å²) in [6.45, 7) is 5.09. The molecule has 25 heavy (non-hydrogen) atoms. The smallest absolute Gasteiger partial charge is 0.189 e. The first-order valence-corrected chi connectivity index (χ1v) is 8.60. The van der Waals surface area contributed by atoms with Crippen LogP contribution in [0.1, 0.15) is 41.8 Å². The Morgan fingerprint density at radius 2 is 1.92 bits per heavy atom. The second-order valence-corrected chi connectivity index (χ2v) is 5.93. The normalized spacial score (nSPS) is 14.6. The Hall–Kier alpha value is -2.75. The minimum absolute atomic E-state index is 0.0471. The third-order valence-electron chi connectivity index (χ3n) is 4.14. The first-order chi connectivity index (χ1) is 12.2. The van der Waals surface area contributed by atoms with Crippen LogP contribution < -0.4 is 9.47 Å². The number of carbonyl (C=O) groups is 1. The average Bonchev–Trinajstić information content (AvgIpc) is 2.92. The number of fused-ring (bicyclic) bond motifs is 1. The number of para-hydroxylation sites is 1. The van der Waals surface area contributed by atoms with E-state index in [0.717, 1.165) is 12.0 Å². The van der Waals surface area contributed by atoms with E-state index in [-0.39, 0.29) is 11.5 Å². The van der Waals surface area contributed by atoms with E-state index in [1.165, 1.54) is 0 Å². The van der Waals surface area contributed by atoms with Crippen LogP contribution >= 0.6 is 0 Å². The molecular formula is C21H22O4. The summed E-state index contributed by atoms with van der Waals surface area (Å²) in [5.74, 6) is 1.46. The van der Waals surface area contributed by atoms with Gasteiger partial charge in [-0.05, 0) is 31.6 Å². The maximum absolute atomic E-state index is 12.6. The molecular weight excluding hydrogens is 316 g/mol. The molecule has 1 aliphatic rings. The van der Waals surface area contributed by atoms with E-state index in [2.05, 4.69) is 0 Å². The van der Waals surface area contributed by atoms with Crippen molar-refractivity contribution in [1.82, 2.24) is 0 Å². The van der Waals surface area contributed by atoms with Crippen LogP contribution in [0.4, 0.5) is 0 Å². The fourth-order valence-electron chi connectivity index (χ4n) is 3.00. The molecule has 4 heteroatoms. The molecule has 0 spiro atoms. The summed E-state index contributed by atoms with van der Waals surface area (Å²) in [5.41, 5.74) is 2.72. The molecule has 0 radical (unpaired) electrons. The van der Waals surface area contributed by atoms with E-state index < -0.39 is 0 Å². The fourth-order valence-corrected chi connectivity index (χ4v) is 3.00. The molecule has 130 valence electrons. The molecule has 4 nitrogen and oxygen atoms in total. The number of Topliss-reactive ketones (excluding diaryl/α,β-unsaturated/α-hetero) is 1. The number of ether oxygens (including phenoxy) is 2. The standard InChI is InChI=1S/C21H22O4/c1-3-11-25-21-14(7-5-10-19(21)24-4-2)12-15-13-17-16(20(15)23)8-6-9-18(17)22/h5-10,12,22H,3-4,11,13H2,1-2H3/b15-12+. The van der Waals surface area contributed by atoms with Crippen molar-refractivity contribution in [3.63, 3.8) is 0 Å². The second kappa shape index (κ2) is 7.43. The number of aromatic hydroxyl groups is 1. The molecule has 3 rings (SSSR count). The molecule has 0 saturated carbocycles. The van der Waals surface area contributed by atoms with Gasteiger partial charge in [-0.2, -0.15) is 0 Å². The predicted octanol–water partition coefficient (Wildman–Crippen LogP) is 4.40. The molecule has 0 fully saturated rings. The van der Waals surface area contributed by atoms with E-state index >= 15 is 0 Å². The van der Waals surface area contributed by atoms with E-state index in [4.69, 9.17) is 9.47 Å². The predicted molar refractivity (Wildman–Crippen MR) is 97.5 cm³/mol. The van der Waals surface area contributed by atoms with Gasteiger partial charge in [0, 0.05) is 28.7 Å². The van der Waals surface area contributed by atoms with Crippen molar-refractivity contribution in [3.05, 3.63) is 58.7 Å². The molecule has 0 aliphatic heterocycles. The van der Waals surface area contributed by atoms with Crippen LogP contribution in [0.3, 0.4) is 0 Å². The van der Waals surface area contributed by atoms with Gasteiger partial charge in [-0.1, -0.05) is 31.2 Å². The van der Waals surface area contributed by atoms with Gasteiger partial charge in [0.25, 0.3) is 0 Å². The van der Waals surface area contributed by atoms with Crippen molar-refractivity contribution >= 4 is 11.9 Å². The second-order valence-electron chi connectivity index (χ2n) is 5.93. The molecule has 0 bridgehead atoms. The zero-order valence-electron chi connectivity index (χ0n) is 14.5. The van der Waals surface area contributed by atoms with E-state index in [1.807, 2.05) is 38.1 Å². The van der Waals surface area contributed by atoms with Gasteiger partial charge in [0.05, 0.1) is 13.2 Å². The number of phenolic OH excluding ortho intramolecular Hbond substituents is 1. The molecule has 0 unspecified atom stereocenters. The summed E-state index contributed by atoms with van der Waals surface area (Å²) in [6.07, 6.45) is 3.15. The van der Waals surface area contributed by atoms with Gasteiger partial charge in [0.2, 0.25) is 0 Å². The fraction of sp³-hybridized carbons (Fsp3) is 0.286. The first kappa shape index (κ1) is 17.1. The summed E-state index contributed by atoms with van der Waals surface area (Å²) in [6, 6.07) is 10.7. The maximum Gasteiger partial charge on any atom is 0.189 e. The summed E-state index contributed by atoms with van der Waals surface area (Å²) in [4.78, 5) is 12.6. The Morgan fingerprint density at radius 1 is 1.12 bits per heavy atom. The van der Waals surface area contributed by atoms with Crippen LogP contribution in [0.15, 0.2) is 42.0 Å². The minimum Gasteiger partial charge on any atom is -0.508 e. The number of ketones is 1. The lowest BCUT2D eigenvalue weighted by molar-refractivity contribution is 0.104. The minimum atomic E-state index is -0.0471. The molecule has 2 aromatic carbocycles. The Balaban J connectivity index is 2.00. The lowest BCUT2D eigenvalue weighted by atomic mass is 10.1. The van der Waals surface area contributed by atoms with Crippen LogP contribution in [0.25, 0.3) is 6.08 Å². The van der Waals surface area contributed by atoms with Gasteiger partial charge in [0.1, 0.15) is 5.75 Å². The molecule has 1 aliphatic carbocycles. The van der Waals surface area contributed by atoms with Crippen molar-refractivity contribution in [2.24, 2.45) is 0 Å². The van der Waals surface area contributed by atoms with Crippen LogP contribution in [0, 0.1) is 0 Å². The van der Waals surface area contributed by atoms with Gasteiger partial charge in [-0.15, -0.1) is 0 Å². The Labute approximate surface area is 147 Å². The summed E-state index contributed by atoms with van der Waals surface area (Å²) < 4.78 is 11.6. The van der Waals surface area contributed by atoms with E-state index in [0.29, 0.717) is 47.8 Å². The third kappa shape index (κ3) is 3.38. The highest BCUT2D eigenvalue weighted by Gasteiger charge is 2.27. The number of allylic oxidation sites excluding steroid dienone is 1. The van der Waals surface area contributed by atoms with Gasteiger partial charge >= 0.3 is 0 Å². The number of rotatable bonds is 6. The molecule has 1 N–H and O–H groups in total. The highest BCUT2D eigenvalue weighted by atomic mass is 16.5. The number of phenols is 1. The highest BCUT2D eigenvalue weighted by Crippen LogP contribution is 2.37. The number of carbonyl (C=O) groups excluding carboxylic acids is 1. The van der Waals surface area contributed by atoms with Crippen LogP contribution in [0.2, 0.25) is 0 Å². The SMILES string of the molecule is CCCOc1c(/C=C2\Cc3c(O)cccc3C2=O)cccc1OCC. The summed E-state index contributed by atoms with van der Waals surface area (Å²) in [7, 11) is 0. The van der Waals surface area contributed by atoms with Crippen molar-refractivity contribution in [3.8, 4) is 17.2 Å². The highest BCUT2D eigenvalue weighted by molar-refractivity contribution is 6.16. The monoisotopic (exact) mass is 338 g/mol. The quantitative estimate of drug-likeness (QED) is 0.793. The zero-order chi connectivity index (χ0) is 17.8. The first-order valence-electron chi connectivity index (χ1n) is 8.60.